The number of rotatable bonds is 29. The van der Waals surface area contributed by atoms with E-state index in [1.54, 1.807) is 0 Å². The first-order chi connectivity index (χ1) is 18.1. The summed E-state index contributed by atoms with van der Waals surface area (Å²) >= 11 is 0. The minimum absolute atomic E-state index is 0.0564. The lowest BCUT2D eigenvalue weighted by Gasteiger charge is -2.17. The predicted molar refractivity (Wildman–Crippen MR) is 160 cm³/mol. The van der Waals surface area contributed by atoms with Crippen molar-refractivity contribution in [1.29, 1.82) is 0 Å². The summed E-state index contributed by atoms with van der Waals surface area (Å²) in [6.45, 7) is 9.23. The number of esters is 1. The molecule has 0 aliphatic heterocycles. The van der Waals surface area contributed by atoms with Crippen molar-refractivity contribution < 1.29 is 14.3 Å². The first-order valence-electron chi connectivity index (χ1n) is 16.2. The van der Waals surface area contributed by atoms with Crippen molar-refractivity contribution in [2.24, 2.45) is 5.92 Å². The molecule has 0 saturated carbocycles. The summed E-state index contributed by atoms with van der Waals surface area (Å²) in [5.41, 5.74) is 0. The number of hydrogen-bond donors (Lipinski definition) is 1. The quantitative estimate of drug-likeness (QED) is 0.0605. The van der Waals surface area contributed by atoms with E-state index in [0.29, 0.717) is 25.5 Å². The van der Waals surface area contributed by atoms with Crippen LogP contribution in [0.1, 0.15) is 168 Å². The maximum atomic E-state index is 12.3. The van der Waals surface area contributed by atoms with Gasteiger partial charge in [-0.2, -0.15) is 0 Å². The topological polar surface area (TPSA) is 55.4 Å². The lowest BCUT2D eigenvalue weighted by Crippen LogP contribution is -2.21. The van der Waals surface area contributed by atoms with Crippen molar-refractivity contribution in [1.82, 2.24) is 5.32 Å². The van der Waals surface area contributed by atoms with E-state index in [4.69, 9.17) is 4.74 Å². The highest BCUT2D eigenvalue weighted by Gasteiger charge is 2.12. The van der Waals surface area contributed by atoms with Gasteiger partial charge < -0.3 is 10.1 Å². The molecule has 1 unspecified atom stereocenters. The summed E-state index contributed by atoms with van der Waals surface area (Å²) in [6.07, 6.45) is 31.2. The van der Waals surface area contributed by atoms with E-state index in [1.807, 2.05) is 0 Å². The second-order valence-corrected chi connectivity index (χ2v) is 11.1. The molecule has 0 aromatic carbocycles. The SMILES string of the molecule is C=CC(=O)NCCCCCC(=O)OCC(CCCCCCCCCC)CCCCCCCCCCCC. The van der Waals surface area contributed by atoms with Gasteiger partial charge in [-0.3, -0.25) is 9.59 Å². The Morgan fingerprint density at radius 3 is 1.54 bits per heavy atom. The average Bonchev–Trinajstić information content (AvgIpc) is 2.90. The Bertz CT molecular complexity index is 520. The van der Waals surface area contributed by atoms with Gasteiger partial charge in [0.15, 0.2) is 0 Å². The molecule has 1 N–H and O–H groups in total. The summed E-state index contributed by atoms with van der Waals surface area (Å²) < 4.78 is 5.71. The molecule has 0 aromatic heterocycles. The molecule has 4 heteroatoms. The Morgan fingerprint density at radius 2 is 1.08 bits per heavy atom. The van der Waals surface area contributed by atoms with Crippen LogP contribution in [0.5, 0.6) is 0 Å². The average molecular weight is 522 g/mol. The Morgan fingerprint density at radius 1 is 0.649 bits per heavy atom. The summed E-state index contributed by atoms with van der Waals surface area (Å²) in [6, 6.07) is 0. The van der Waals surface area contributed by atoms with Gasteiger partial charge in [0.25, 0.3) is 0 Å². The summed E-state index contributed by atoms with van der Waals surface area (Å²) in [5.74, 6) is 0.329. The van der Waals surface area contributed by atoms with Crippen LogP contribution in [0.3, 0.4) is 0 Å². The van der Waals surface area contributed by atoms with Gasteiger partial charge in [0.1, 0.15) is 0 Å². The van der Waals surface area contributed by atoms with Crippen LogP contribution in [-0.4, -0.2) is 25.0 Å². The van der Waals surface area contributed by atoms with Crippen LogP contribution in [0, 0.1) is 5.92 Å². The molecule has 4 nitrogen and oxygen atoms in total. The zero-order valence-electron chi connectivity index (χ0n) is 25.0. The third-order valence-corrected chi connectivity index (χ3v) is 7.45. The third kappa shape index (κ3) is 27.5. The van der Waals surface area contributed by atoms with E-state index in [2.05, 4.69) is 25.7 Å². The van der Waals surface area contributed by atoms with Gasteiger partial charge in [-0.1, -0.05) is 142 Å². The lowest BCUT2D eigenvalue weighted by molar-refractivity contribution is -0.145. The van der Waals surface area contributed by atoms with Gasteiger partial charge in [-0.15, -0.1) is 0 Å². The molecular formula is C33H63NO3. The highest BCUT2D eigenvalue weighted by Crippen LogP contribution is 2.20. The molecule has 218 valence electrons. The van der Waals surface area contributed by atoms with Crippen molar-refractivity contribution in [3.05, 3.63) is 12.7 Å². The lowest BCUT2D eigenvalue weighted by atomic mass is 9.94. The normalized spacial score (nSPS) is 11.8. The smallest absolute Gasteiger partial charge is 0.305 e. The van der Waals surface area contributed by atoms with Gasteiger partial charge >= 0.3 is 5.97 Å². The number of carbonyl (C=O) groups is 2. The minimum atomic E-state index is -0.135. The fourth-order valence-corrected chi connectivity index (χ4v) is 4.94. The van der Waals surface area contributed by atoms with Crippen molar-refractivity contribution in [2.75, 3.05) is 13.2 Å². The van der Waals surface area contributed by atoms with Crippen molar-refractivity contribution >= 4 is 11.9 Å². The second-order valence-electron chi connectivity index (χ2n) is 11.1. The molecule has 0 spiro atoms. The molecule has 0 aliphatic carbocycles. The molecule has 0 saturated heterocycles. The van der Waals surface area contributed by atoms with Crippen molar-refractivity contribution in [2.45, 2.75) is 168 Å². The molecule has 0 aromatic rings. The third-order valence-electron chi connectivity index (χ3n) is 7.45. The van der Waals surface area contributed by atoms with E-state index in [-0.39, 0.29) is 11.9 Å². The molecule has 37 heavy (non-hydrogen) atoms. The first-order valence-corrected chi connectivity index (χ1v) is 16.2. The largest absolute Gasteiger partial charge is 0.465 e. The number of hydrogen-bond acceptors (Lipinski definition) is 3. The predicted octanol–water partition coefficient (Wildman–Crippen LogP) is 9.85. The highest BCUT2D eigenvalue weighted by molar-refractivity contribution is 5.86. The molecule has 0 radical (unpaired) electrons. The van der Waals surface area contributed by atoms with Crippen LogP contribution in [0.25, 0.3) is 0 Å². The van der Waals surface area contributed by atoms with E-state index < -0.39 is 0 Å². The Labute approximate surface area is 231 Å². The summed E-state index contributed by atoms with van der Waals surface area (Å²) in [5, 5.41) is 2.77. The monoisotopic (exact) mass is 521 g/mol. The van der Waals surface area contributed by atoms with Crippen LogP contribution in [0.4, 0.5) is 0 Å². The number of carbonyl (C=O) groups excluding carboxylic acids is 2. The Hall–Kier alpha value is -1.32. The van der Waals surface area contributed by atoms with E-state index in [9.17, 15) is 9.59 Å². The zero-order chi connectivity index (χ0) is 27.2. The van der Waals surface area contributed by atoms with E-state index in [1.165, 1.54) is 134 Å². The first kappa shape index (κ1) is 35.7. The Kier molecular flexibility index (Phi) is 28.2. The molecule has 1 amide bonds. The molecule has 0 bridgehead atoms. The van der Waals surface area contributed by atoms with E-state index in [0.717, 1.165) is 19.3 Å². The number of nitrogens with one attached hydrogen (secondary N) is 1. The van der Waals surface area contributed by atoms with E-state index >= 15 is 0 Å². The molecular weight excluding hydrogens is 458 g/mol. The number of amides is 1. The van der Waals surface area contributed by atoms with Crippen LogP contribution >= 0.6 is 0 Å². The van der Waals surface area contributed by atoms with Crippen LogP contribution in [0.2, 0.25) is 0 Å². The van der Waals surface area contributed by atoms with Gasteiger partial charge in [-0.05, 0) is 37.7 Å². The van der Waals surface area contributed by atoms with Crippen LogP contribution < -0.4 is 5.32 Å². The molecule has 0 fully saturated rings. The Balaban J connectivity index is 4.06. The fraction of sp³-hybridized carbons (Fsp3) is 0.879. The fourth-order valence-electron chi connectivity index (χ4n) is 4.94. The van der Waals surface area contributed by atoms with Gasteiger partial charge in [0.2, 0.25) is 5.91 Å². The van der Waals surface area contributed by atoms with Gasteiger partial charge in [0.05, 0.1) is 6.61 Å². The zero-order valence-corrected chi connectivity index (χ0v) is 25.0. The highest BCUT2D eigenvalue weighted by atomic mass is 16.5. The summed E-state index contributed by atoms with van der Waals surface area (Å²) in [7, 11) is 0. The molecule has 0 rings (SSSR count). The second kappa shape index (κ2) is 29.2. The van der Waals surface area contributed by atoms with Crippen LogP contribution in [-0.2, 0) is 14.3 Å². The number of ether oxygens (including phenoxy) is 1. The minimum Gasteiger partial charge on any atom is -0.465 e. The van der Waals surface area contributed by atoms with Crippen molar-refractivity contribution in [3.63, 3.8) is 0 Å². The van der Waals surface area contributed by atoms with Crippen molar-refractivity contribution in [3.8, 4) is 0 Å². The molecule has 0 aliphatic rings. The van der Waals surface area contributed by atoms with Gasteiger partial charge in [-0.25, -0.2) is 0 Å². The number of unbranched alkanes of at least 4 members (excludes halogenated alkanes) is 18. The van der Waals surface area contributed by atoms with Gasteiger partial charge in [0, 0.05) is 13.0 Å². The molecule has 1 atom stereocenters. The maximum Gasteiger partial charge on any atom is 0.305 e. The summed E-state index contributed by atoms with van der Waals surface area (Å²) in [4.78, 5) is 23.4. The maximum absolute atomic E-state index is 12.3. The standard InChI is InChI=1S/C33H63NO3/c1-4-7-9-11-13-15-16-18-20-23-27-31(26-22-19-17-14-12-10-8-5-2)30-37-33(36)28-24-21-25-29-34-32(35)6-3/h6,31H,3-5,7-30H2,1-2H3,(H,34,35). The van der Waals surface area contributed by atoms with Crippen LogP contribution in [0.15, 0.2) is 12.7 Å². The molecule has 0 heterocycles.